The molecule has 6 heteroatoms. The van der Waals surface area contributed by atoms with Gasteiger partial charge in [-0.15, -0.1) is 0 Å². The maximum atomic E-state index is 11.9. The van der Waals surface area contributed by atoms with E-state index in [-0.39, 0.29) is 18.6 Å². The van der Waals surface area contributed by atoms with Gasteiger partial charge in [-0.05, 0) is 25.3 Å². The van der Waals surface area contributed by atoms with Gasteiger partial charge in [0.05, 0.1) is 11.8 Å². The lowest BCUT2D eigenvalue weighted by atomic mass is 10.00. The zero-order valence-electron chi connectivity index (χ0n) is 12.3. The largest absolute Gasteiger partial charge is 0.274 e. The number of nitrogens with zero attached hydrogens (tertiary/aromatic N) is 1. The van der Waals surface area contributed by atoms with E-state index in [1.807, 2.05) is 37.3 Å². The molecule has 1 N–H and O–H groups in total. The summed E-state index contributed by atoms with van der Waals surface area (Å²) in [6, 6.07) is 9.65. The average Bonchev–Trinajstić information content (AvgIpc) is 2.41. The quantitative estimate of drug-likeness (QED) is 0.780. The SMILES string of the molecule is Cc1ccc(CC(C)C(=O)NS(=O)(=O)CCCC#N)cc1. The van der Waals surface area contributed by atoms with Gasteiger partial charge >= 0.3 is 0 Å². The van der Waals surface area contributed by atoms with Crippen molar-refractivity contribution in [1.29, 1.82) is 5.26 Å². The molecule has 0 radical (unpaired) electrons. The standard InChI is InChI=1S/C15H20N2O3S/c1-12-5-7-14(8-6-12)11-13(2)15(18)17-21(19,20)10-4-3-9-16/h5-8,13H,3-4,10-11H2,1-2H3,(H,17,18). The predicted octanol–water partition coefficient (Wildman–Crippen LogP) is 1.92. The zero-order valence-corrected chi connectivity index (χ0v) is 13.1. The Morgan fingerprint density at radius 1 is 1.33 bits per heavy atom. The summed E-state index contributed by atoms with van der Waals surface area (Å²) in [4.78, 5) is 11.9. The molecule has 1 amide bonds. The molecule has 0 fully saturated rings. The zero-order chi connectivity index (χ0) is 15.9. The predicted molar refractivity (Wildman–Crippen MR) is 80.8 cm³/mol. The first kappa shape index (κ1) is 17.2. The number of rotatable bonds is 7. The van der Waals surface area contributed by atoms with Crippen LogP contribution in [0.4, 0.5) is 0 Å². The molecule has 0 saturated carbocycles. The molecule has 0 heterocycles. The van der Waals surface area contributed by atoms with Crippen molar-refractivity contribution in [3.8, 4) is 6.07 Å². The van der Waals surface area contributed by atoms with Crippen molar-refractivity contribution in [2.75, 3.05) is 5.75 Å². The van der Waals surface area contributed by atoms with Crippen LogP contribution in [0.15, 0.2) is 24.3 Å². The van der Waals surface area contributed by atoms with Gasteiger partial charge in [0, 0.05) is 12.3 Å². The monoisotopic (exact) mass is 308 g/mol. The second-order valence-corrected chi connectivity index (χ2v) is 6.98. The van der Waals surface area contributed by atoms with Gasteiger partial charge in [0.2, 0.25) is 15.9 Å². The highest BCUT2D eigenvalue weighted by atomic mass is 32.2. The Bertz CT molecular complexity index is 615. The van der Waals surface area contributed by atoms with Crippen LogP contribution in [0, 0.1) is 24.2 Å². The van der Waals surface area contributed by atoms with Crippen molar-refractivity contribution >= 4 is 15.9 Å². The highest BCUT2D eigenvalue weighted by molar-refractivity contribution is 7.90. The van der Waals surface area contributed by atoms with Crippen molar-refractivity contribution in [2.45, 2.75) is 33.1 Å². The van der Waals surface area contributed by atoms with Gasteiger partial charge in [-0.3, -0.25) is 9.52 Å². The number of amides is 1. The molecule has 0 spiro atoms. The Morgan fingerprint density at radius 2 is 1.95 bits per heavy atom. The summed E-state index contributed by atoms with van der Waals surface area (Å²) in [7, 11) is -3.65. The van der Waals surface area contributed by atoms with Gasteiger partial charge in [-0.2, -0.15) is 5.26 Å². The lowest BCUT2D eigenvalue weighted by molar-refractivity contribution is -0.122. The van der Waals surface area contributed by atoms with Crippen LogP contribution in [0.3, 0.4) is 0 Å². The Balaban J connectivity index is 2.54. The lowest BCUT2D eigenvalue weighted by Crippen LogP contribution is -2.36. The Morgan fingerprint density at radius 3 is 2.52 bits per heavy atom. The number of hydrogen-bond acceptors (Lipinski definition) is 4. The van der Waals surface area contributed by atoms with Crippen LogP contribution in [0.1, 0.15) is 30.9 Å². The van der Waals surface area contributed by atoms with Gasteiger partial charge in [-0.1, -0.05) is 36.8 Å². The minimum absolute atomic E-state index is 0.161. The van der Waals surface area contributed by atoms with E-state index in [2.05, 4.69) is 4.72 Å². The molecule has 21 heavy (non-hydrogen) atoms. The van der Waals surface area contributed by atoms with Crippen LogP contribution >= 0.6 is 0 Å². The topological polar surface area (TPSA) is 87.0 Å². The minimum atomic E-state index is -3.65. The number of hydrogen-bond donors (Lipinski definition) is 1. The molecule has 114 valence electrons. The summed E-state index contributed by atoms with van der Waals surface area (Å²) < 4.78 is 25.4. The van der Waals surface area contributed by atoms with E-state index >= 15 is 0 Å². The van der Waals surface area contributed by atoms with Crippen LogP contribution in [0.25, 0.3) is 0 Å². The molecule has 0 aliphatic rings. The molecular weight excluding hydrogens is 288 g/mol. The summed E-state index contributed by atoms with van der Waals surface area (Å²) in [5.41, 5.74) is 2.13. The number of nitrogens with one attached hydrogen (secondary N) is 1. The molecule has 1 rings (SSSR count). The number of aryl methyl sites for hydroxylation is 1. The molecule has 0 saturated heterocycles. The van der Waals surface area contributed by atoms with Crippen molar-refractivity contribution in [3.05, 3.63) is 35.4 Å². The van der Waals surface area contributed by atoms with Crippen LogP contribution in [-0.2, 0) is 21.2 Å². The van der Waals surface area contributed by atoms with Gasteiger partial charge in [0.1, 0.15) is 0 Å². The molecule has 1 aromatic rings. The highest BCUT2D eigenvalue weighted by Gasteiger charge is 2.19. The molecule has 0 aromatic heterocycles. The summed E-state index contributed by atoms with van der Waals surface area (Å²) >= 11 is 0. The molecule has 1 unspecified atom stereocenters. The second-order valence-electron chi connectivity index (χ2n) is 5.14. The van der Waals surface area contributed by atoms with Gasteiger partial charge in [0.25, 0.3) is 0 Å². The van der Waals surface area contributed by atoms with E-state index < -0.39 is 21.8 Å². The van der Waals surface area contributed by atoms with Crippen LogP contribution < -0.4 is 4.72 Å². The first-order valence-electron chi connectivity index (χ1n) is 6.81. The fourth-order valence-corrected chi connectivity index (χ4v) is 2.95. The lowest BCUT2D eigenvalue weighted by Gasteiger charge is -2.12. The van der Waals surface area contributed by atoms with Crippen molar-refractivity contribution < 1.29 is 13.2 Å². The Labute approximate surface area is 126 Å². The van der Waals surface area contributed by atoms with Crippen molar-refractivity contribution in [2.24, 2.45) is 5.92 Å². The number of carbonyl (C=O) groups excluding carboxylic acids is 1. The Hall–Kier alpha value is -1.87. The van der Waals surface area contributed by atoms with E-state index in [4.69, 9.17) is 5.26 Å². The van der Waals surface area contributed by atoms with Crippen LogP contribution in [0.2, 0.25) is 0 Å². The fraction of sp³-hybridized carbons (Fsp3) is 0.467. The van der Waals surface area contributed by atoms with E-state index in [1.165, 1.54) is 0 Å². The second kappa shape index (κ2) is 7.79. The fourth-order valence-electron chi connectivity index (χ4n) is 1.82. The molecule has 1 atom stereocenters. The number of benzene rings is 1. The smallest absolute Gasteiger partial charge is 0.236 e. The first-order valence-corrected chi connectivity index (χ1v) is 8.46. The summed E-state index contributed by atoms with van der Waals surface area (Å²) in [6.45, 7) is 3.67. The van der Waals surface area contributed by atoms with Gasteiger partial charge in [0.15, 0.2) is 0 Å². The van der Waals surface area contributed by atoms with Gasteiger partial charge < -0.3 is 0 Å². The molecule has 0 aliphatic heterocycles. The molecule has 1 aromatic carbocycles. The minimum Gasteiger partial charge on any atom is -0.274 e. The van der Waals surface area contributed by atoms with Crippen molar-refractivity contribution in [1.82, 2.24) is 4.72 Å². The normalized spacial score (nSPS) is 12.4. The van der Waals surface area contributed by atoms with Gasteiger partial charge in [-0.25, -0.2) is 8.42 Å². The van der Waals surface area contributed by atoms with E-state index in [0.29, 0.717) is 6.42 Å². The summed E-state index contributed by atoms with van der Waals surface area (Å²) in [5, 5.41) is 8.38. The number of unbranched alkanes of at least 4 members (excludes halogenated alkanes) is 1. The van der Waals surface area contributed by atoms with Crippen LogP contribution in [-0.4, -0.2) is 20.1 Å². The molecule has 0 aliphatic carbocycles. The van der Waals surface area contributed by atoms with Crippen molar-refractivity contribution in [3.63, 3.8) is 0 Å². The molecule has 5 nitrogen and oxygen atoms in total. The summed E-state index contributed by atoms with van der Waals surface area (Å²) in [6.07, 6.45) is 0.874. The maximum absolute atomic E-state index is 11.9. The first-order chi connectivity index (χ1) is 9.84. The van der Waals surface area contributed by atoms with E-state index in [0.717, 1.165) is 11.1 Å². The molecule has 0 bridgehead atoms. The number of carbonyl (C=O) groups is 1. The third kappa shape index (κ3) is 6.41. The number of nitriles is 1. The van der Waals surface area contributed by atoms with Crippen LogP contribution in [0.5, 0.6) is 0 Å². The third-order valence-electron chi connectivity index (χ3n) is 3.07. The van der Waals surface area contributed by atoms with E-state index in [9.17, 15) is 13.2 Å². The number of sulfonamides is 1. The Kier molecular flexibility index (Phi) is 6.38. The molecular formula is C15H20N2O3S. The third-order valence-corrected chi connectivity index (χ3v) is 4.41. The highest BCUT2D eigenvalue weighted by Crippen LogP contribution is 2.10. The van der Waals surface area contributed by atoms with E-state index in [1.54, 1.807) is 6.92 Å². The average molecular weight is 308 g/mol. The maximum Gasteiger partial charge on any atom is 0.236 e. The summed E-state index contributed by atoms with van der Waals surface area (Å²) in [5.74, 6) is -1.14.